The lowest BCUT2D eigenvalue weighted by molar-refractivity contribution is 0.0563. The van der Waals surface area contributed by atoms with Crippen LogP contribution in [0.3, 0.4) is 0 Å². The van der Waals surface area contributed by atoms with E-state index in [2.05, 4.69) is 16.9 Å². The third-order valence-corrected chi connectivity index (χ3v) is 1.90. The van der Waals surface area contributed by atoms with Crippen molar-refractivity contribution >= 4 is 11.9 Å². The summed E-state index contributed by atoms with van der Waals surface area (Å²) in [5, 5.41) is 11.4. The molecule has 1 amide bonds. The number of alkyl carbamates (subject to hydrolysis) is 1. The monoisotopic (exact) mass is 256 g/mol. The maximum atomic E-state index is 11.4. The Balaban J connectivity index is 3.84. The van der Waals surface area contributed by atoms with E-state index in [-0.39, 0.29) is 5.76 Å². The van der Waals surface area contributed by atoms with Gasteiger partial charge in [0.05, 0.1) is 5.76 Å². The molecule has 0 saturated carbocycles. The van der Waals surface area contributed by atoms with Gasteiger partial charge in [0, 0.05) is 13.0 Å². The number of amidine groups is 1. The second-order valence-corrected chi connectivity index (χ2v) is 5.12. The highest BCUT2D eigenvalue weighted by Crippen LogP contribution is 2.06. The van der Waals surface area contributed by atoms with Gasteiger partial charge in [-0.15, -0.1) is 0 Å². The van der Waals surface area contributed by atoms with E-state index in [1.54, 1.807) is 27.7 Å². The summed E-state index contributed by atoms with van der Waals surface area (Å²) in [6.07, 6.45) is 1.77. The predicted octanol–water partition coefficient (Wildman–Crippen LogP) is 3.17. The number of nitrogens with zero attached hydrogens (tertiary/aromatic N) is 1. The molecular formula is C13H24N2O3. The van der Waals surface area contributed by atoms with Crippen LogP contribution < -0.4 is 5.32 Å². The number of allylic oxidation sites excluding steroid dienone is 1. The lowest BCUT2D eigenvalue weighted by atomic mass is 10.2. The highest BCUT2D eigenvalue weighted by atomic mass is 16.6. The Labute approximate surface area is 109 Å². The molecule has 0 spiro atoms. The van der Waals surface area contributed by atoms with Gasteiger partial charge in [-0.05, 0) is 40.5 Å². The van der Waals surface area contributed by atoms with Crippen molar-refractivity contribution in [1.82, 2.24) is 5.32 Å². The zero-order valence-corrected chi connectivity index (χ0v) is 11.7. The number of amides is 1. The Morgan fingerprint density at radius 3 is 2.50 bits per heavy atom. The van der Waals surface area contributed by atoms with Gasteiger partial charge >= 0.3 is 6.09 Å². The first-order valence-corrected chi connectivity index (χ1v) is 6.08. The average Bonchev–Trinajstić information content (AvgIpc) is 2.12. The Morgan fingerprint density at radius 2 is 2.00 bits per heavy atom. The second-order valence-electron chi connectivity index (χ2n) is 5.12. The molecule has 0 bridgehead atoms. The number of hydrogen-bond donors (Lipinski definition) is 2. The normalized spacial score (nSPS) is 12.1. The Morgan fingerprint density at radius 1 is 1.39 bits per heavy atom. The molecule has 104 valence electrons. The van der Waals surface area contributed by atoms with Gasteiger partial charge in [0.25, 0.3) is 0 Å². The number of aliphatic hydroxyl groups is 1. The summed E-state index contributed by atoms with van der Waals surface area (Å²) in [6.45, 7) is 11.1. The molecule has 5 heteroatoms. The van der Waals surface area contributed by atoms with Crippen molar-refractivity contribution in [2.45, 2.75) is 52.6 Å². The first-order chi connectivity index (χ1) is 8.20. The molecule has 0 aromatic rings. The Kier molecular flexibility index (Phi) is 7.08. The molecule has 0 fully saturated rings. The summed E-state index contributed by atoms with van der Waals surface area (Å²) < 4.78 is 5.09. The van der Waals surface area contributed by atoms with Gasteiger partial charge in [0.1, 0.15) is 11.4 Å². The molecule has 5 nitrogen and oxygen atoms in total. The van der Waals surface area contributed by atoms with Crippen molar-refractivity contribution in [2.75, 3.05) is 6.54 Å². The molecule has 0 aliphatic carbocycles. The van der Waals surface area contributed by atoms with E-state index in [0.29, 0.717) is 18.8 Å². The average molecular weight is 256 g/mol. The maximum absolute atomic E-state index is 11.4. The minimum absolute atomic E-state index is 0.197. The zero-order valence-electron chi connectivity index (χ0n) is 11.7. The van der Waals surface area contributed by atoms with Gasteiger partial charge in [0.2, 0.25) is 0 Å². The first kappa shape index (κ1) is 16.5. The van der Waals surface area contributed by atoms with Gasteiger partial charge in [-0.2, -0.15) is 0 Å². The summed E-state index contributed by atoms with van der Waals surface area (Å²) in [4.78, 5) is 15.6. The highest BCUT2D eigenvalue weighted by molar-refractivity contribution is 5.93. The summed E-state index contributed by atoms with van der Waals surface area (Å²) >= 11 is 0. The van der Waals surface area contributed by atoms with Crippen LogP contribution in [0.4, 0.5) is 4.79 Å². The third-order valence-electron chi connectivity index (χ3n) is 1.90. The van der Waals surface area contributed by atoms with Crippen LogP contribution in [0.25, 0.3) is 0 Å². The standard InChI is InChI=1S/C13H24N2O3/c1-10(16)8-6-7-9-14-11(2)15-12(17)18-13(3,4)5/h16H,1,6-9H2,2-5H3,(H,14,15,17). The topological polar surface area (TPSA) is 70.9 Å². The molecule has 18 heavy (non-hydrogen) atoms. The summed E-state index contributed by atoms with van der Waals surface area (Å²) in [5.41, 5.74) is -0.508. The minimum Gasteiger partial charge on any atom is -0.513 e. The third kappa shape index (κ3) is 11.0. The number of carbonyl (C=O) groups excluding carboxylic acids is 1. The number of aliphatic hydroxyl groups excluding tert-OH is 1. The smallest absolute Gasteiger partial charge is 0.413 e. The maximum Gasteiger partial charge on any atom is 0.413 e. The number of ether oxygens (including phenoxy) is 1. The van der Waals surface area contributed by atoms with Gasteiger partial charge in [0.15, 0.2) is 0 Å². The Bertz CT molecular complexity index is 317. The number of nitrogens with one attached hydrogen (secondary N) is 1. The zero-order chi connectivity index (χ0) is 14.2. The van der Waals surface area contributed by atoms with Crippen molar-refractivity contribution in [2.24, 2.45) is 4.99 Å². The fraction of sp³-hybridized carbons (Fsp3) is 0.692. The number of aliphatic imine (C=N–C) groups is 1. The largest absolute Gasteiger partial charge is 0.513 e. The second kappa shape index (κ2) is 7.74. The van der Waals surface area contributed by atoms with Gasteiger partial charge < -0.3 is 9.84 Å². The molecule has 0 unspecified atom stereocenters. The number of hydrogen-bond acceptors (Lipinski definition) is 4. The molecule has 0 aromatic heterocycles. The molecule has 0 radical (unpaired) electrons. The lowest BCUT2D eigenvalue weighted by Gasteiger charge is -2.19. The lowest BCUT2D eigenvalue weighted by Crippen LogP contribution is -2.35. The van der Waals surface area contributed by atoms with E-state index >= 15 is 0 Å². The van der Waals surface area contributed by atoms with Gasteiger partial charge in [-0.25, -0.2) is 4.79 Å². The molecule has 0 aliphatic rings. The fourth-order valence-electron chi connectivity index (χ4n) is 1.18. The van der Waals surface area contributed by atoms with Crippen LogP contribution in [0.15, 0.2) is 17.3 Å². The minimum atomic E-state index is -0.508. The number of carbonyl (C=O) groups is 1. The van der Waals surface area contributed by atoms with Gasteiger partial charge in [-0.3, -0.25) is 10.3 Å². The van der Waals surface area contributed by atoms with Crippen molar-refractivity contribution in [3.8, 4) is 0 Å². The predicted molar refractivity (Wildman–Crippen MR) is 73.0 cm³/mol. The molecule has 0 heterocycles. The van der Waals surface area contributed by atoms with Crippen molar-refractivity contribution in [3.63, 3.8) is 0 Å². The van der Waals surface area contributed by atoms with E-state index in [1.807, 2.05) is 0 Å². The molecular weight excluding hydrogens is 232 g/mol. The molecule has 0 saturated heterocycles. The summed E-state index contributed by atoms with van der Waals surface area (Å²) in [7, 11) is 0. The summed E-state index contributed by atoms with van der Waals surface area (Å²) in [6, 6.07) is 0. The van der Waals surface area contributed by atoms with Crippen LogP contribution >= 0.6 is 0 Å². The number of unbranched alkanes of at least 4 members (excludes halogenated alkanes) is 1. The highest BCUT2D eigenvalue weighted by Gasteiger charge is 2.16. The van der Waals surface area contributed by atoms with E-state index < -0.39 is 11.7 Å². The van der Waals surface area contributed by atoms with E-state index in [1.165, 1.54) is 0 Å². The van der Waals surface area contributed by atoms with Crippen molar-refractivity contribution < 1.29 is 14.6 Å². The van der Waals surface area contributed by atoms with Crippen LogP contribution in [0.2, 0.25) is 0 Å². The number of rotatable bonds is 5. The van der Waals surface area contributed by atoms with Crippen LogP contribution in [0, 0.1) is 0 Å². The van der Waals surface area contributed by atoms with Crippen LogP contribution in [0.1, 0.15) is 47.0 Å². The quantitative estimate of drug-likeness (QED) is 0.343. The molecule has 2 N–H and O–H groups in total. The molecule has 0 aromatic carbocycles. The molecule has 0 rings (SSSR count). The SMILES string of the molecule is C=C(O)CCCCN=C(C)NC(=O)OC(C)(C)C. The molecule has 0 atom stereocenters. The summed E-state index contributed by atoms with van der Waals surface area (Å²) in [5.74, 6) is 0.731. The fourth-order valence-corrected chi connectivity index (χ4v) is 1.18. The van der Waals surface area contributed by atoms with E-state index in [0.717, 1.165) is 12.8 Å². The van der Waals surface area contributed by atoms with Crippen molar-refractivity contribution in [1.29, 1.82) is 0 Å². The van der Waals surface area contributed by atoms with Gasteiger partial charge in [-0.1, -0.05) is 6.58 Å². The van der Waals surface area contributed by atoms with Crippen LogP contribution in [-0.2, 0) is 4.74 Å². The van der Waals surface area contributed by atoms with E-state index in [4.69, 9.17) is 9.84 Å². The Hall–Kier alpha value is -1.52. The van der Waals surface area contributed by atoms with Crippen molar-refractivity contribution in [3.05, 3.63) is 12.3 Å². The van der Waals surface area contributed by atoms with Crippen LogP contribution in [0.5, 0.6) is 0 Å². The van der Waals surface area contributed by atoms with Crippen LogP contribution in [-0.4, -0.2) is 29.2 Å². The molecule has 0 aliphatic heterocycles. The van der Waals surface area contributed by atoms with E-state index in [9.17, 15) is 4.79 Å². The first-order valence-electron chi connectivity index (χ1n) is 6.08.